The third-order valence-corrected chi connectivity index (χ3v) is 5.99. The number of carbonyl (C=O) groups is 1. The number of aromatic nitrogens is 3. The van der Waals surface area contributed by atoms with Crippen LogP contribution in [0.4, 0.5) is 11.4 Å². The highest BCUT2D eigenvalue weighted by atomic mass is 32.2. The smallest absolute Gasteiger partial charge is 0.261 e. The van der Waals surface area contributed by atoms with E-state index in [0.717, 1.165) is 38.6 Å². The molecule has 0 saturated carbocycles. The van der Waals surface area contributed by atoms with E-state index in [-0.39, 0.29) is 12.5 Å². The first kappa shape index (κ1) is 18.4. The molecule has 0 atom stereocenters. The van der Waals surface area contributed by atoms with E-state index >= 15 is 0 Å². The summed E-state index contributed by atoms with van der Waals surface area (Å²) >= 11 is 1.74. The van der Waals surface area contributed by atoms with E-state index in [0.29, 0.717) is 0 Å². The maximum absolute atomic E-state index is 12.3. The van der Waals surface area contributed by atoms with Gasteiger partial charge in [-0.2, -0.15) is 5.10 Å². The molecule has 1 amide bonds. The molecule has 0 radical (unpaired) electrons. The molecule has 0 saturated heterocycles. The Balaban J connectivity index is 1.29. The lowest BCUT2D eigenvalue weighted by molar-refractivity contribution is -0.121. The first-order chi connectivity index (χ1) is 14.7. The van der Waals surface area contributed by atoms with Gasteiger partial charge in [-0.05, 0) is 48.9 Å². The average Bonchev–Trinajstić information content (AvgIpc) is 3.18. The Kier molecular flexibility index (Phi) is 4.68. The first-order valence-corrected chi connectivity index (χ1v) is 10.3. The standard InChI is InChI=1S/C22H18N6OS/c1-14(24-26-22(29)13-28-19-8-4-2-6-16(19)25-27-28)15-10-11-21-18(12-15)23-17-7-3-5-9-20(17)30-21/h2-12,23H,13H2,1H3,(H,26,29)/b24-14-. The van der Waals surface area contributed by atoms with Gasteiger partial charge in [-0.25, -0.2) is 10.1 Å². The molecule has 3 aromatic carbocycles. The zero-order valence-corrected chi connectivity index (χ0v) is 17.0. The van der Waals surface area contributed by atoms with Crippen LogP contribution in [-0.4, -0.2) is 26.6 Å². The molecule has 1 aliphatic rings. The molecule has 8 heteroatoms. The molecule has 0 bridgehead atoms. The number of para-hydroxylation sites is 2. The van der Waals surface area contributed by atoms with Gasteiger partial charge < -0.3 is 5.32 Å². The van der Waals surface area contributed by atoms with E-state index in [9.17, 15) is 4.79 Å². The maximum Gasteiger partial charge on any atom is 0.261 e. The summed E-state index contributed by atoms with van der Waals surface area (Å²) in [6.45, 7) is 1.92. The van der Waals surface area contributed by atoms with Crippen LogP contribution in [0.2, 0.25) is 0 Å². The molecule has 0 unspecified atom stereocenters. The van der Waals surface area contributed by atoms with Crippen molar-refractivity contribution < 1.29 is 4.79 Å². The fourth-order valence-electron chi connectivity index (χ4n) is 3.28. The lowest BCUT2D eigenvalue weighted by atomic mass is 10.1. The topological polar surface area (TPSA) is 84.2 Å². The molecular formula is C22H18N6OS. The Morgan fingerprint density at radius 3 is 2.80 bits per heavy atom. The first-order valence-electron chi connectivity index (χ1n) is 9.47. The van der Waals surface area contributed by atoms with Gasteiger partial charge in [0.2, 0.25) is 0 Å². The number of rotatable bonds is 4. The Labute approximate surface area is 177 Å². The molecule has 0 fully saturated rings. The van der Waals surface area contributed by atoms with Crippen LogP contribution in [-0.2, 0) is 11.3 Å². The zero-order valence-electron chi connectivity index (χ0n) is 16.2. The number of nitrogens with zero attached hydrogens (tertiary/aromatic N) is 4. The number of benzene rings is 3. The van der Waals surface area contributed by atoms with Crippen LogP contribution in [0.3, 0.4) is 0 Å². The Bertz CT molecular complexity index is 1300. The van der Waals surface area contributed by atoms with Crippen LogP contribution in [0.15, 0.2) is 81.6 Å². The summed E-state index contributed by atoms with van der Waals surface area (Å²) in [4.78, 5) is 14.7. The molecule has 4 aromatic rings. The third kappa shape index (κ3) is 3.53. The number of nitrogens with one attached hydrogen (secondary N) is 2. The van der Waals surface area contributed by atoms with Gasteiger partial charge in [-0.15, -0.1) is 5.10 Å². The summed E-state index contributed by atoms with van der Waals surface area (Å²) in [7, 11) is 0. The monoisotopic (exact) mass is 414 g/mol. The summed E-state index contributed by atoms with van der Waals surface area (Å²) in [6, 6.07) is 21.9. The molecular weight excluding hydrogens is 396 g/mol. The van der Waals surface area contributed by atoms with Crippen molar-refractivity contribution in [3.8, 4) is 0 Å². The minimum Gasteiger partial charge on any atom is -0.354 e. The number of anilines is 2. The molecule has 148 valence electrons. The minimum absolute atomic E-state index is 0.0520. The van der Waals surface area contributed by atoms with Crippen molar-refractivity contribution >= 4 is 45.8 Å². The lowest BCUT2D eigenvalue weighted by Gasteiger charge is -2.21. The molecule has 2 N–H and O–H groups in total. The summed E-state index contributed by atoms with van der Waals surface area (Å²) in [5, 5.41) is 15.8. The molecule has 7 nitrogen and oxygen atoms in total. The molecule has 5 rings (SSSR count). The highest BCUT2D eigenvalue weighted by molar-refractivity contribution is 7.99. The van der Waals surface area contributed by atoms with Crippen LogP contribution in [0.25, 0.3) is 11.0 Å². The largest absolute Gasteiger partial charge is 0.354 e. The van der Waals surface area contributed by atoms with Crippen molar-refractivity contribution in [3.05, 3.63) is 72.3 Å². The molecule has 0 spiro atoms. The number of hydrogen-bond donors (Lipinski definition) is 2. The molecule has 1 aliphatic heterocycles. The molecule has 1 aromatic heterocycles. The summed E-state index contributed by atoms with van der Waals surface area (Å²) in [5.74, 6) is -0.259. The van der Waals surface area contributed by atoms with Gasteiger partial charge in [0.15, 0.2) is 0 Å². The van der Waals surface area contributed by atoms with E-state index in [4.69, 9.17) is 0 Å². The van der Waals surface area contributed by atoms with Crippen LogP contribution < -0.4 is 10.7 Å². The number of fused-ring (bicyclic) bond motifs is 3. The van der Waals surface area contributed by atoms with E-state index in [1.807, 2.05) is 55.5 Å². The van der Waals surface area contributed by atoms with Crippen molar-refractivity contribution in [2.24, 2.45) is 5.10 Å². The van der Waals surface area contributed by atoms with Crippen molar-refractivity contribution in [3.63, 3.8) is 0 Å². The summed E-state index contributed by atoms with van der Waals surface area (Å²) in [6.07, 6.45) is 0. The van der Waals surface area contributed by atoms with Gasteiger partial charge in [0.25, 0.3) is 5.91 Å². The predicted octanol–water partition coefficient (Wildman–Crippen LogP) is 4.18. The second-order valence-corrected chi connectivity index (χ2v) is 7.99. The SMILES string of the molecule is C/C(=N/NC(=O)Cn1nnc2ccccc21)c1ccc2c(c1)Nc1ccccc1S2. The quantitative estimate of drug-likeness (QED) is 0.340. The van der Waals surface area contributed by atoms with Crippen LogP contribution in [0, 0.1) is 0 Å². The third-order valence-electron chi connectivity index (χ3n) is 4.84. The summed E-state index contributed by atoms with van der Waals surface area (Å²) in [5.41, 5.74) is 7.97. The zero-order chi connectivity index (χ0) is 20.5. The van der Waals surface area contributed by atoms with Crippen molar-refractivity contribution in [1.29, 1.82) is 0 Å². The van der Waals surface area contributed by atoms with E-state index < -0.39 is 0 Å². The van der Waals surface area contributed by atoms with Gasteiger partial charge >= 0.3 is 0 Å². The van der Waals surface area contributed by atoms with Gasteiger partial charge in [0.1, 0.15) is 12.1 Å². The Morgan fingerprint density at radius 2 is 1.87 bits per heavy atom. The molecule has 30 heavy (non-hydrogen) atoms. The maximum atomic E-state index is 12.3. The van der Waals surface area contributed by atoms with Gasteiger partial charge in [0.05, 0.1) is 22.6 Å². The average molecular weight is 414 g/mol. The van der Waals surface area contributed by atoms with Gasteiger partial charge in [-0.3, -0.25) is 4.79 Å². The Morgan fingerprint density at radius 1 is 1.07 bits per heavy atom. The highest BCUT2D eigenvalue weighted by Gasteiger charge is 2.16. The van der Waals surface area contributed by atoms with Crippen LogP contribution >= 0.6 is 11.8 Å². The number of hydrazone groups is 1. The number of carbonyl (C=O) groups excluding carboxylic acids is 1. The number of amides is 1. The van der Waals surface area contributed by atoms with Crippen molar-refractivity contribution in [2.75, 3.05) is 5.32 Å². The second-order valence-electron chi connectivity index (χ2n) is 6.90. The molecule has 0 aliphatic carbocycles. The minimum atomic E-state index is -0.259. The fraction of sp³-hybridized carbons (Fsp3) is 0.0909. The van der Waals surface area contributed by atoms with E-state index in [1.165, 1.54) is 4.90 Å². The van der Waals surface area contributed by atoms with Crippen molar-refractivity contribution in [1.82, 2.24) is 20.4 Å². The van der Waals surface area contributed by atoms with Crippen LogP contribution in [0.5, 0.6) is 0 Å². The van der Waals surface area contributed by atoms with Gasteiger partial charge in [-0.1, -0.05) is 47.3 Å². The summed E-state index contributed by atoms with van der Waals surface area (Å²) < 4.78 is 1.56. The lowest BCUT2D eigenvalue weighted by Crippen LogP contribution is -2.24. The highest BCUT2D eigenvalue weighted by Crippen LogP contribution is 2.44. The fourth-order valence-corrected chi connectivity index (χ4v) is 4.25. The van der Waals surface area contributed by atoms with Gasteiger partial charge in [0, 0.05) is 9.79 Å². The van der Waals surface area contributed by atoms with E-state index in [1.54, 1.807) is 16.4 Å². The van der Waals surface area contributed by atoms with Crippen LogP contribution in [0.1, 0.15) is 12.5 Å². The second kappa shape index (κ2) is 7.64. The Hall–Kier alpha value is -3.65. The number of hydrogen-bond acceptors (Lipinski definition) is 6. The van der Waals surface area contributed by atoms with E-state index in [2.05, 4.69) is 44.4 Å². The normalized spacial score (nSPS) is 12.8. The van der Waals surface area contributed by atoms with Crippen molar-refractivity contribution in [2.45, 2.75) is 23.3 Å². The predicted molar refractivity (Wildman–Crippen MR) is 118 cm³/mol. The molecule has 2 heterocycles.